The normalized spacial score (nSPS) is 17.7. The number of nitrogens with zero attached hydrogens (tertiary/aromatic N) is 3. The van der Waals surface area contributed by atoms with Gasteiger partial charge in [0.25, 0.3) is 5.56 Å². The summed E-state index contributed by atoms with van der Waals surface area (Å²) in [5.74, 6) is 1.43. The van der Waals surface area contributed by atoms with Crippen molar-refractivity contribution < 1.29 is 4.74 Å². The highest BCUT2D eigenvalue weighted by atomic mass is 16.5. The maximum Gasteiger partial charge on any atom is 0.253 e. The molecule has 0 saturated carbocycles. The predicted molar refractivity (Wildman–Crippen MR) is 94.1 cm³/mol. The molecule has 5 heteroatoms. The van der Waals surface area contributed by atoms with E-state index < -0.39 is 0 Å². The van der Waals surface area contributed by atoms with Crippen molar-refractivity contribution in [3.8, 4) is 11.4 Å². The van der Waals surface area contributed by atoms with Crippen molar-refractivity contribution in [1.29, 1.82) is 0 Å². The van der Waals surface area contributed by atoms with Crippen LogP contribution in [-0.2, 0) is 18.3 Å². The molecule has 0 bridgehead atoms. The zero-order valence-corrected chi connectivity index (χ0v) is 14.0. The molecular formula is C19H21N3O2. The Labute approximate surface area is 140 Å². The summed E-state index contributed by atoms with van der Waals surface area (Å²) in [5, 5.41) is 0. The smallest absolute Gasteiger partial charge is 0.253 e. The number of hydrogen-bond donors (Lipinski definition) is 0. The molecule has 0 aliphatic carbocycles. The number of rotatable bonds is 3. The fraction of sp³-hybridized carbons (Fsp3) is 0.368. The molecule has 1 aliphatic rings. The first-order chi connectivity index (χ1) is 11.6. The minimum Gasteiger partial charge on any atom is -0.381 e. The second-order valence-corrected chi connectivity index (χ2v) is 6.59. The molecule has 5 nitrogen and oxygen atoms in total. The first kappa shape index (κ1) is 15.1. The maximum absolute atomic E-state index is 12.0. The Kier molecular flexibility index (Phi) is 3.73. The lowest BCUT2D eigenvalue weighted by Crippen LogP contribution is -2.19. The van der Waals surface area contributed by atoms with E-state index in [4.69, 9.17) is 9.72 Å². The molecule has 1 unspecified atom stereocenters. The average Bonchev–Trinajstić information content (AvgIpc) is 3.21. The van der Waals surface area contributed by atoms with E-state index in [1.807, 2.05) is 37.4 Å². The van der Waals surface area contributed by atoms with Crippen LogP contribution in [0.4, 0.5) is 0 Å². The van der Waals surface area contributed by atoms with Gasteiger partial charge in [-0.15, -0.1) is 0 Å². The van der Waals surface area contributed by atoms with Crippen molar-refractivity contribution in [3.05, 3.63) is 52.4 Å². The third-order valence-electron chi connectivity index (χ3n) is 4.74. The number of para-hydroxylation sites is 2. The van der Waals surface area contributed by atoms with E-state index in [2.05, 4.69) is 10.6 Å². The molecule has 124 valence electrons. The fourth-order valence-corrected chi connectivity index (χ4v) is 3.47. The second-order valence-electron chi connectivity index (χ2n) is 6.59. The molecule has 1 atom stereocenters. The highest BCUT2D eigenvalue weighted by Gasteiger charge is 2.20. The molecule has 1 fully saturated rings. The van der Waals surface area contributed by atoms with Gasteiger partial charge < -0.3 is 13.9 Å². The van der Waals surface area contributed by atoms with Gasteiger partial charge in [-0.3, -0.25) is 4.79 Å². The Morgan fingerprint density at radius 2 is 2.17 bits per heavy atom. The zero-order valence-electron chi connectivity index (χ0n) is 14.0. The lowest BCUT2D eigenvalue weighted by Gasteiger charge is -2.14. The molecule has 4 rings (SSSR count). The van der Waals surface area contributed by atoms with Gasteiger partial charge in [0, 0.05) is 43.4 Å². The van der Waals surface area contributed by atoms with Gasteiger partial charge in [-0.2, -0.15) is 0 Å². The molecule has 0 radical (unpaired) electrons. The zero-order chi connectivity index (χ0) is 16.7. The van der Waals surface area contributed by atoms with Crippen LogP contribution in [0.1, 0.15) is 12.0 Å². The lowest BCUT2D eigenvalue weighted by atomic mass is 10.1. The topological polar surface area (TPSA) is 49.0 Å². The minimum absolute atomic E-state index is 0.0330. The third kappa shape index (κ3) is 2.55. The average molecular weight is 323 g/mol. The third-order valence-corrected chi connectivity index (χ3v) is 4.74. The SMILES string of the molecule is Cc1cc(-c2nc3ccccc3n2CC2CCOC2)cn(C)c1=O. The van der Waals surface area contributed by atoms with Crippen molar-refractivity contribution in [2.45, 2.75) is 19.9 Å². The second kappa shape index (κ2) is 5.91. The summed E-state index contributed by atoms with van der Waals surface area (Å²) < 4.78 is 9.44. The van der Waals surface area contributed by atoms with Gasteiger partial charge >= 0.3 is 0 Å². The van der Waals surface area contributed by atoms with Gasteiger partial charge in [-0.05, 0) is 31.5 Å². The van der Waals surface area contributed by atoms with Gasteiger partial charge in [-0.25, -0.2) is 4.98 Å². The largest absolute Gasteiger partial charge is 0.381 e. The number of imidazole rings is 1. The molecule has 1 aliphatic heterocycles. The van der Waals surface area contributed by atoms with Crippen LogP contribution in [0.3, 0.4) is 0 Å². The molecule has 0 spiro atoms. The highest BCUT2D eigenvalue weighted by Crippen LogP contribution is 2.27. The van der Waals surface area contributed by atoms with Crippen LogP contribution in [0, 0.1) is 12.8 Å². The summed E-state index contributed by atoms with van der Waals surface area (Å²) in [6, 6.07) is 10.1. The Bertz CT molecular complexity index is 923. The summed E-state index contributed by atoms with van der Waals surface area (Å²) in [5.41, 5.74) is 3.86. The Morgan fingerprint density at radius 1 is 1.33 bits per heavy atom. The lowest BCUT2D eigenvalue weighted by molar-refractivity contribution is 0.183. The van der Waals surface area contributed by atoms with Crippen LogP contribution in [0.25, 0.3) is 22.4 Å². The summed E-state index contributed by atoms with van der Waals surface area (Å²) in [7, 11) is 1.79. The first-order valence-corrected chi connectivity index (χ1v) is 8.34. The van der Waals surface area contributed by atoms with Crippen LogP contribution in [0.2, 0.25) is 0 Å². The maximum atomic E-state index is 12.0. The molecule has 0 amide bonds. The quantitative estimate of drug-likeness (QED) is 0.745. The molecular weight excluding hydrogens is 302 g/mol. The van der Waals surface area contributed by atoms with Crippen molar-refractivity contribution in [2.24, 2.45) is 13.0 Å². The summed E-state index contributed by atoms with van der Waals surface area (Å²) >= 11 is 0. The fourth-order valence-electron chi connectivity index (χ4n) is 3.47. The molecule has 3 heterocycles. The number of fused-ring (bicyclic) bond motifs is 1. The van der Waals surface area contributed by atoms with Crippen LogP contribution in [-0.4, -0.2) is 27.3 Å². The van der Waals surface area contributed by atoms with E-state index in [1.54, 1.807) is 11.6 Å². The molecule has 24 heavy (non-hydrogen) atoms. The van der Waals surface area contributed by atoms with E-state index in [0.717, 1.165) is 54.2 Å². The van der Waals surface area contributed by atoms with E-state index in [9.17, 15) is 4.79 Å². The Hall–Kier alpha value is -2.40. The molecule has 2 aromatic heterocycles. The number of aromatic nitrogens is 3. The van der Waals surface area contributed by atoms with Crippen molar-refractivity contribution in [2.75, 3.05) is 13.2 Å². The van der Waals surface area contributed by atoms with Crippen molar-refractivity contribution >= 4 is 11.0 Å². The predicted octanol–water partition coefficient (Wildman–Crippen LogP) is 2.75. The highest BCUT2D eigenvalue weighted by molar-refractivity contribution is 5.80. The van der Waals surface area contributed by atoms with Gasteiger partial charge in [0.1, 0.15) is 5.82 Å². The van der Waals surface area contributed by atoms with E-state index in [0.29, 0.717) is 5.92 Å². The number of ether oxygens (including phenoxy) is 1. The van der Waals surface area contributed by atoms with Crippen LogP contribution in [0.15, 0.2) is 41.3 Å². The number of hydrogen-bond acceptors (Lipinski definition) is 3. The Morgan fingerprint density at radius 3 is 2.92 bits per heavy atom. The molecule has 1 aromatic carbocycles. The standard InChI is InChI=1S/C19H21N3O2/c1-13-9-15(11-21(2)19(13)23)18-20-16-5-3-4-6-17(16)22(18)10-14-7-8-24-12-14/h3-6,9,11,14H,7-8,10,12H2,1-2H3. The summed E-state index contributed by atoms with van der Waals surface area (Å²) in [6.07, 6.45) is 2.95. The first-order valence-electron chi connectivity index (χ1n) is 8.34. The van der Waals surface area contributed by atoms with Gasteiger partial charge in [0.15, 0.2) is 0 Å². The Balaban J connectivity index is 1.89. The minimum atomic E-state index is 0.0330. The molecule has 0 N–H and O–H groups in total. The summed E-state index contributed by atoms with van der Waals surface area (Å²) in [4.78, 5) is 16.9. The van der Waals surface area contributed by atoms with E-state index >= 15 is 0 Å². The van der Waals surface area contributed by atoms with Crippen LogP contribution in [0.5, 0.6) is 0 Å². The van der Waals surface area contributed by atoms with E-state index in [-0.39, 0.29) is 5.56 Å². The van der Waals surface area contributed by atoms with Gasteiger partial charge in [-0.1, -0.05) is 12.1 Å². The number of benzene rings is 1. The van der Waals surface area contributed by atoms with Gasteiger partial charge in [0.05, 0.1) is 17.6 Å². The van der Waals surface area contributed by atoms with Crippen LogP contribution < -0.4 is 5.56 Å². The monoisotopic (exact) mass is 323 g/mol. The van der Waals surface area contributed by atoms with Gasteiger partial charge in [0.2, 0.25) is 0 Å². The number of aryl methyl sites for hydroxylation is 2. The van der Waals surface area contributed by atoms with Crippen LogP contribution >= 0.6 is 0 Å². The van der Waals surface area contributed by atoms with Crippen molar-refractivity contribution in [1.82, 2.24) is 14.1 Å². The van der Waals surface area contributed by atoms with Crippen molar-refractivity contribution in [3.63, 3.8) is 0 Å². The summed E-state index contributed by atoms with van der Waals surface area (Å²) in [6.45, 7) is 4.38. The molecule has 1 saturated heterocycles. The van der Waals surface area contributed by atoms with E-state index in [1.165, 1.54) is 0 Å². The molecule has 3 aromatic rings. The number of pyridine rings is 1.